The molecule has 0 heterocycles. The van der Waals surface area contributed by atoms with Crippen LogP contribution in [-0.4, -0.2) is 24.5 Å². The first-order chi connectivity index (χ1) is 13.9. The Morgan fingerprint density at radius 3 is 2.34 bits per heavy atom. The van der Waals surface area contributed by atoms with Gasteiger partial charge in [-0.25, -0.2) is 0 Å². The fraction of sp³-hybridized carbons (Fsp3) is 0.217. The molecule has 3 aromatic rings. The predicted octanol–water partition coefficient (Wildman–Crippen LogP) is 3.45. The Balaban J connectivity index is 1.45. The number of nitrogens with one attached hydrogen (secondary N) is 2. The molecule has 2 amide bonds. The van der Waals surface area contributed by atoms with Crippen molar-refractivity contribution in [3.63, 3.8) is 0 Å². The fourth-order valence-corrected chi connectivity index (χ4v) is 2.72. The van der Waals surface area contributed by atoms with E-state index < -0.39 is 17.9 Å². The second kappa shape index (κ2) is 9.10. The summed E-state index contributed by atoms with van der Waals surface area (Å²) in [6.07, 6.45) is -0.765. The summed E-state index contributed by atoms with van der Waals surface area (Å²) in [5.74, 6) is 0.255. The summed E-state index contributed by atoms with van der Waals surface area (Å²) in [6, 6.07) is 19.1. The summed E-state index contributed by atoms with van der Waals surface area (Å²) in [5.41, 5.74) is 6.91. The van der Waals surface area contributed by atoms with Gasteiger partial charge in [-0.2, -0.15) is 0 Å². The highest BCUT2D eigenvalue weighted by atomic mass is 16.5. The van der Waals surface area contributed by atoms with Crippen molar-refractivity contribution in [2.75, 3.05) is 6.61 Å². The van der Waals surface area contributed by atoms with E-state index in [0.717, 1.165) is 21.9 Å². The number of hydrogen-bond acceptors (Lipinski definition) is 4. The van der Waals surface area contributed by atoms with Crippen molar-refractivity contribution in [1.82, 2.24) is 10.9 Å². The molecule has 0 bridgehead atoms. The predicted molar refractivity (Wildman–Crippen MR) is 112 cm³/mol. The number of hydrogen-bond donors (Lipinski definition) is 2. The van der Waals surface area contributed by atoms with Crippen molar-refractivity contribution < 1.29 is 19.1 Å². The topological polar surface area (TPSA) is 76.7 Å². The molecule has 6 heteroatoms. The van der Waals surface area contributed by atoms with Crippen molar-refractivity contribution in [3.8, 4) is 11.5 Å². The summed E-state index contributed by atoms with van der Waals surface area (Å²) < 4.78 is 11.1. The van der Waals surface area contributed by atoms with Gasteiger partial charge < -0.3 is 9.47 Å². The van der Waals surface area contributed by atoms with Crippen LogP contribution in [0, 0.1) is 13.8 Å². The van der Waals surface area contributed by atoms with Gasteiger partial charge in [0.05, 0.1) is 0 Å². The van der Waals surface area contributed by atoms with Gasteiger partial charge in [0.25, 0.3) is 11.8 Å². The van der Waals surface area contributed by atoms with Gasteiger partial charge in [0, 0.05) is 0 Å². The first-order valence-electron chi connectivity index (χ1n) is 9.36. The molecule has 3 rings (SSSR count). The lowest BCUT2D eigenvalue weighted by atomic mass is 10.1. The molecule has 0 saturated heterocycles. The molecule has 0 saturated carbocycles. The largest absolute Gasteiger partial charge is 0.484 e. The number of fused-ring (bicyclic) bond motifs is 1. The van der Waals surface area contributed by atoms with E-state index in [1.54, 1.807) is 13.0 Å². The van der Waals surface area contributed by atoms with Crippen LogP contribution in [0.1, 0.15) is 18.1 Å². The highest BCUT2D eigenvalue weighted by molar-refractivity contribution is 5.86. The molecule has 0 aliphatic rings. The number of ether oxygens (including phenoxy) is 2. The number of benzene rings is 3. The van der Waals surface area contributed by atoms with Crippen LogP contribution >= 0.6 is 0 Å². The van der Waals surface area contributed by atoms with Crippen LogP contribution in [0.25, 0.3) is 10.8 Å². The number of carbonyl (C=O) groups excluding carboxylic acids is 2. The summed E-state index contributed by atoms with van der Waals surface area (Å²) in [6.45, 7) is 5.38. The van der Waals surface area contributed by atoms with E-state index >= 15 is 0 Å². The van der Waals surface area contributed by atoms with Crippen LogP contribution in [0.2, 0.25) is 0 Å². The maximum absolute atomic E-state index is 12.1. The van der Waals surface area contributed by atoms with Crippen molar-refractivity contribution in [1.29, 1.82) is 0 Å². The van der Waals surface area contributed by atoms with E-state index in [1.165, 1.54) is 0 Å². The Morgan fingerprint density at radius 1 is 0.862 bits per heavy atom. The van der Waals surface area contributed by atoms with Gasteiger partial charge >= 0.3 is 0 Å². The van der Waals surface area contributed by atoms with Crippen molar-refractivity contribution in [2.24, 2.45) is 0 Å². The van der Waals surface area contributed by atoms with Crippen molar-refractivity contribution in [2.45, 2.75) is 26.9 Å². The van der Waals surface area contributed by atoms with Crippen LogP contribution < -0.4 is 20.3 Å². The second-order valence-electron chi connectivity index (χ2n) is 6.84. The SMILES string of the molecule is Cc1ccc(OC(C)C(=O)NNC(=O)COc2ccc3ccccc3c2)cc1C. The molecule has 0 aliphatic carbocycles. The van der Waals surface area contributed by atoms with Crippen LogP contribution in [0.3, 0.4) is 0 Å². The Kier molecular flexibility index (Phi) is 6.34. The van der Waals surface area contributed by atoms with Gasteiger partial charge in [0.1, 0.15) is 11.5 Å². The van der Waals surface area contributed by atoms with E-state index in [0.29, 0.717) is 11.5 Å². The number of amides is 2. The molecule has 6 nitrogen and oxygen atoms in total. The minimum absolute atomic E-state index is 0.217. The quantitative estimate of drug-likeness (QED) is 0.630. The molecule has 0 radical (unpaired) electrons. The van der Waals surface area contributed by atoms with Gasteiger partial charge in [-0.1, -0.05) is 36.4 Å². The van der Waals surface area contributed by atoms with E-state index in [9.17, 15) is 9.59 Å². The van der Waals surface area contributed by atoms with Crippen LogP contribution in [0.5, 0.6) is 11.5 Å². The van der Waals surface area contributed by atoms with Gasteiger partial charge in [-0.05, 0) is 66.9 Å². The minimum atomic E-state index is -0.765. The zero-order valence-corrected chi connectivity index (χ0v) is 16.7. The third kappa shape index (κ3) is 5.48. The Hall–Kier alpha value is -3.54. The summed E-state index contributed by atoms with van der Waals surface area (Å²) in [5, 5.41) is 2.12. The molecule has 0 fully saturated rings. The Morgan fingerprint density at radius 2 is 1.59 bits per heavy atom. The third-order valence-corrected chi connectivity index (χ3v) is 4.58. The summed E-state index contributed by atoms with van der Waals surface area (Å²) >= 11 is 0. The Labute approximate surface area is 169 Å². The average Bonchev–Trinajstić information content (AvgIpc) is 2.72. The molecule has 150 valence electrons. The molecule has 0 aliphatic heterocycles. The summed E-state index contributed by atoms with van der Waals surface area (Å²) in [7, 11) is 0. The van der Waals surface area contributed by atoms with Crippen molar-refractivity contribution in [3.05, 3.63) is 71.8 Å². The summed E-state index contributed by atoms with van der Waals surface area (Å²) in [4.78, 5) is 24.1. The first-order valence-corrected chi connectivity index (χ1v) is 9.36. The van der Waals surface area contributed by atoms with Crippen LogP contribution in [-0.2, 0) is 9.59 Å². The molecule has 0 spiro atoms. The standard InChI is InChI=1S/C23H24N2O4/c1-15-8-10-21(12-16(15)2)29-17(3)23(27)25-24-22(26)14-28-20-11-9-18-6-4-5-7-19(18)13-20/h4-13,17H,14H2,1-3H3,(H,24,26)(H,25,27). The highest BCUT2D eigenvalue weighted by Crippen LogP contribution is 2.20. The molecular weight excluding hydrogens is 368 g/mol. The smallest absolute Gasteiger partial charge is 0.279 e. The normalized spacial score (nSPS) is 11.6. The van der Waals surface area contributed by atoms with E-state index in [2.05, 4.69) is 10.9 Å². The maximum atomic E-state index is 12.1. The molecule has 1 unspecified atom stereocenters. The van der Waals surface area contributed by atoms with E-state index in [1.807, 2.05) is 68.4 Å². The first kappa shape index (κ1) is 20.2. The van der Waals surface area contributed by atoms with Crippen molar-refractivity contribution >= 4 is 22.6 Å². The molecule has 1 atom stereocenters. The van der Waals surface area contributed by atoms with Crippen LogP contribution in [0.4, 0.5) is 0 Å². The van der Waals surface area contributed by atoms with E-state index in [-0.39, 0.29) is 6.61 Å². The zero-order chi connectivity index (χ0) is 20.8. The number of aryl methyl sites for hydroxylation is 2. The average molecular weight is 392 g/mol. The van der Waals surface area contributed by atoms with Gasteiger partial charge in [0.15, 0.2) is 12.7 Å². The van der Waals surface area contributed by atoms with E-state index in [4.69, 9.17) is 9.47 Å². The third-order valence-electron chi connectivity index (χ3n) is 4.58. The monoisotopic (exact) mass is 392 g/mol. The maximum Gasteiger partial charge on any atom is 0.279 e. The number of rotatable bonds is 6. The molecule has 3 aromatic carbocycles. The lowest BCUT2D eigenvalue weighted by molar-refractivity contribution is -0.133. The zero-order valence-electron chi connectivity index (χ0n) is 16.7. The lowest BCUT2D eigenvalue weighted by Gasteiger charge is -2.16. The second-order valence-corrected chi connectivity index (χ2v) is 6.84. The molecule has 29 heavy (non-hydrogen) atoms. The van der Waals surface area contributed by atoms with Gasteiger partial charge in [-0.3, -0.25) is 20.4 Å². The minimum Gasteiger partial charge on any atom is -0.484 e. The van der Waals surface area contributed by atoms with Gasteiger partial charge in [-0.15, -0.1) is 0 Å². The highest BCUT2D eigenvalue weighted by Gasteiger charge is 2.16. The van der Waals surface area contributed by atoms with Gasteiger partial charge in [0.2, 0.25) is 0 Å². The Bertz CT molecular complexity index is 1030. The molecular formula is C23H24N2O4. The number of hydrazine groups is 1. The lowest BCUT2D eigenvalue weighted by Crippen LogP contribution is -2.48. The van der Waals surface area contributed by atoms with Crippen LogP contribution in [0.15, 0.2) is 60.7 Å². The molecule has 2 N–H and O–H groups in total. The number of carbonyl (C=O) groups is 2. The fourth-order valence-electron chi connectivity index (χ4n) is 2.72. The molecule has 0 aromatic heterocycles.